The lowest BCUT2D eigenvalue weighted by molar-refractivity contribution is 0.0954. The highest BCUT2D eigenvalue weighted by Gasteiger charge is 2.21. The van der Waals surface area contributed by atoms with Gasteiger partial charge in [0.25, 0.3) is 5.91 Å². The van der Waals surface area contributed by atoms with Crippen molar-refractivity contribution >= 4 is 17.5 Å². The Morgan fingerprint density at radius 3 is 2.80 bits per heavy atom. The molecule has 0 saturated heterocycles. The van der Waals surface area contributed by atoms with Crippen LogP contribution in [0.4, 0.5) is 4.39 Å². The maximum absolute atomic E-state index is 13.4. The normalized spacial score (nSPS) is 10.7. The first-order chi connectivity index (χ1) is 12.0. The average molecular weight is 359 g/mol. The van der Waals surface area contributed by atoms with Gasteiger partial charge in [0, 0.05) is 17.1 Å². The molecule has 0 aliphatic heterocycles. The predicted molar refractivity (Wildman–Crippen MR) is 94.1 cm³/mol. The molecule has 1 N–H and O–H groups in total. The molecule has 0 aliphatic rings. The number of hydrogen-bond donors (Lipinski definition) is 1. The smallest absolute Gasteiger partial charge is 0.257 e. The van der Waals surface area contributed by atoms with E-state index in [2.05, 4.69) is 10.5 Å². The summed E-state index contributed by atoms with van der Waals surface area (Å²) in [5, 5.41) is 7.35. The fourth-order valence-corrected chi connectivity index (χ4v) is 2.78. The molecule has 1 amide bonds. The predicted octanol–water partition coefficient (Wildman–Crippen LogP) is 4.42. The summed E-state index contributed by atoms with van der Waals surface area (Å²) in [4.78, 5) is 12.5. The van der Waals surface area contributed by atoms with Crippen LogP contribution >= 0.6 is 11.6 Å². The van der Waals surface area contributed by atoms with E-state index in [0.717, 1.165) is 5.56 Å². The lowest BCUT2D eigenvalue weighted by atomic mass is 10.1. The van der Waals surface area contributed by atoms with Crippen LogP contribution in [0.5, 0.6) is 0 Å². The van der Waals surface area contributed by atoms with Crippen molar-refractivity contribution in [1.82, 2.24) is 10.5 Å². The number of carbonyl (C=O) groups is 1. The summed E-state index contributed by atoms with van der Waals surface area (Å²) in [5.74, 6) is -0.448. The summed E-state index contributed by atoms with van der Waals surface area (Å²) in [5.41, 5.74) is 2.27. The highest BCUT2D eigenvalue weighted by atomic mass is 35.5. The second-order valence-electron chi connectivity index (χ2n) is 5.62. The lowest BCUT2D eigenvalue weighted by Crippen LogP contribution is -2.26. The molecule has 25 heavy (non-hydrogen) atoms. The maximum atomic E-state index is 13.4. The van der Waals surface area contributed by atoms with Gasteiger partial charge in [-0.25, -0.2) is 4.39 Å². The van der Waals surface area contributed by atoms with Gasteiger partial charge in [0.15, 0.2) is 5.76 Å². The average Bonchev–Trinajstić information content (AvgIpc) is 2.96. The van der Waals surface area contributed by atoms with Crippen LogP contribution < -0.4 is 5.32 Å². The molecule has 0 spiro atoms. The summed E-state index contributed by atoms with van der Waals surface area (Å²) in [6.07, 6.45) is 0.645. The first-order valence-electron chi connectivity index (χ1n) is 7.79. The van der Waals surface area contributed by atoms with Gasteiger partial charge >= 0.3 is 0 Å². The van der Waals surface area contributed by atoms with Crippen molar-refractivity contribution in [3.63, 3.8) is 0 Å². The molecule has 1 aromatic heterocycles. The van der Waals surface area contributed by atoms with Gasteiger partial charge in [-0.1, -0.05) is 41.0 Å². The topological polar surface area (TPSA) is 55.1 Å². The number of amides is 1. The minimum absolute atomic E-state index is 0.261. The van der Waals surface area contributed by atoms with E-state index in [1.807, 2.05) is 18.2 Å². The molecule has 128 valence electrons. The Morgan fingerprint density at radius 2 is 2.04 bits per heavy atom. The van der Waals surface area contributed by atoms with Crippen LogP contribution in [0.15, 0.2) is 53.1 Å². The second-order valence-corrected chi connectivity index (χ2v) is 6.05. The number of benzene rings is 2. The van der Waals surface area contributed by atoms with Crippen molar-refractivity contribution in [3.8, 4) is 11.3 Å². The minimum Gasteiger partial charge on any atom is -0.355 e. The van der Waals surface area contributed by atoms with Crippen molar-refractivity contribution in [1.29, 1.82) is 0 Å². The Bertz CT molecular complexity index is 908. The number of aromatic nitrogens is 1. The van der Waals surface area contributed by atoms with E-state index in [-0.39, 0.29) is 11.7 Å². The fourth-order valence-electron chi connectivity index (χ4n) is 2.57. The Kier molecular flexibility index (Phi) is 5.14. The summed E-state index contributed by atoms with van der Waals surface area (Å²) < 4.78 is 18.7. The third-order valence-corrected chi connectivity index (χ3v) is 4.00. The van der Waals surface area contributed by atoms with Crippen molar-refractivity contribution < 1.29 is 13.7 Å². The highest BCUT2D eigenvalue weighted by molar-refractivity contribution is 6.30. The molecule has 1 heterocycles. The van der Waals surface area contributed by atoms with Crippen LogP contribution in [0.2, 0.25) is 5.02 Å². The van der Waals surface area contributed by atoms with Crippen LogP contribution in [0.1, 0.15) is 21.6 Å². The molecule has 0 radical (unpaired) electrons. The molecule has 0 atom stereocenters. The number of nitrogens with one attached hydrogen (secondary N) is 1. The molecule has 0 saturated carbocycles. The molecule has 4 nitrogen and oxygen atoms in total. The standard InChI is InChI=1S/C19H16ClFN2O2/c1-12-17(18(25-23-12)14-5-3-7-16(21)11-14)19(24)22-9-8-13-4-2-6-15(20)10-13/h2-7,10-11H,8-9H2,1H3,(H,22,24). The third-order valence-electron chi connectivity index (χ3n) is 3.76. The van der Waals surface area contributed by atoms with Crippen molar-refractivity contribution in [2.45, 2.75) is 13.3 Å². The molecule has 0 bridgehead atoms. The van der Waals surface area contributed by atoms with Gasteiger partial charge < -0.3 is 9.84 Å². The van der Waals surface area contributed by atoms with Gasteiger partial charge in [-0.3, -0.25) is 4.79 Å². The van der Waals surface area contributed by atoms with Gasteiger partial charge in [-0.05, 0) is 43.2 Å². The van der Waals surface area contributed by atoms with Gasteiger partial charge in [-0.2, -0.15) is 0 Å². The van der Waals surface area contributed by atoms with Crippen LogP contribution in [0.3, 0.4) is 0 Å². The largest absolute Gasteiger partial charge is 0.355 e. The fraction of sp³-hybridized carbons (Fsp3) is 0.158. The quantitative estimate of drug-likeness (QED) is 0.734. The van der Waals surface area contributed by atoms with E-state index in [1.165, 1.54) is 12.1 Å². The lowest BCUT2D eigenvalue weighted by Gasteiger charge is -2.06. The number of aryl methyl sites for hydroxylation is 1. The Labute approximate surface area is 149 Å². The molecule has 0 fully saturated rings. The van der Waals surface area contributed by atoms with Gasteiger partial charge in [-0.15, -0.1) is 0 Å². The number of halogens is 2. The van der Waals surface area contributed by atoms with E-state index >= 15 is 0 Å². The summed E-state index contributed by atoms with van der Waals surface area (Å²) >= 11 is 5.95. The molecule has 0 unspecified atom stereocenters. The van der Waals surface area contributed by atoms with Crippen LogP contribution in [-0.4, -0.2) is 17.6 Å². The van der Waals surface area contributed by atoms with Crippen LogP contribution in [0, 0.1) is 12.7 Å². The maximum Gasteiger partial charge on any atom is 0.257 e. The monoisotopic (exact) mass is 358 g/mol. The third kappa shape index (κ3) is 4.06. The summed E-state index contributed by atoms with van der Waals surface area (Å²) in [6, 6.07) is 13.3. The van der Waals surface area contributed by atoms with Gasteiger partial charge in [0.2, 0.25) is 0 Å². The zero-order chi connectivity index (χ0) is 17.8. The van der Waals surface area contributed by atoms with E-state index < -0.39 is 5.82 Å². The SMILES string of the molecule is Cc1noc(-c2cccc(F)c2)c1C(=O)NCCc1cccc(Cl)c1. The van der Waals surface area contributed by atoms with Crippen LogP contribution in [-0.2, 0) is 6.42 Å². The number of hydrogen-bond acceptors (Lipinski definition) is 3. The van der Waals surface area contributed by atoms with E-state index in [9.17, 15) is 9.18 Å². The molecule has 6 heteroatoms. The highest BCUT2D eigenvalue weighted by Crippen LogP contribution is 2.26. The molecule has 3 aromatic rings. The van der Waals surface area contributed by atoms with E-state index in [0.29, 0.717) is 34.8 Å². The zero-order valence-corrected chi connectivity index (χ0v) is 14.3. The minimum atomic E-state index is -0.404. The molecule has 0 aliphatic carbocycles. The Balaban J connectivity index is 1.73. The summed E-state index contributed by atoms with van der Waals surface area (Å²) in [6.45, 7) is 2.12. The zero-order valence-electron chi connectivity index (χ0n) is 13.6. The van der Waals surface area contributed by atoms with Gasteiger partial charge in [0.1, 0.15) is 11.4 Å². The Hall–Kier alpha value is -2.66. The van der Waals surface area contributed by atoms with Crippen LogP contribution in [0.25, 0.3) is 11.3 Å². The van der Waals surface area contributed by atoms with Gasteiger partial charge in [0.05, 0.1) is 5.69 Å². The van der Waals surface area contributed by atoms with Crippen molar-refractivity contribution in [2.75, 3.05) is 6.54 Å². The molecular formula is C19H16ClFN2O2. The second kappa shape index (κ2) is 7.49. The van der Waals surface area contributed by atoms with Crippen molar-refractivity contribution in [2.24, 2.45) is 0 Å². The first kappa shape index (κ1) is 17.2. The molecular weight excluding hydrogens is 343 g/mol. The Morgan fingerprint density at radius 1 is 1.24 bits per heavy atom. The number of rotatable bonds is 5. The van der Waals surface area contributed by atoms with E-state index in [4.69, 9.17) is 16.1 Å². The number of carbonyl (C=O) groups excluding carboxylic acids is 1. The number of nitrogens with zero attached hydrogens (tertiary/aromatic N) is 1. The molecule has 3 rings (SSSR count). The molecule has 2 aromatic carbocycles. The van der Waals surface area contributed by atoms with Crippen molar-refractivity contribution in [3.05, 3.63) is 76.2 Å². The van der Waals surface area contributed by atoms with E-state index in [1.54, 1.807) is 25.1 Å². The summed E-state index contributed by atoms with van der Waals surface area (Å²) in [7, 11) is 0. The first-order valence-corrected chi connectivity index (χ1v) is 8.17.